The Bertz CT molecular complexity index is 747. The molecule has 1 aromatic carbocycles. The number of anilines is 1. The number of piperidine rings is 1. The number of rotatable bonds is 6. The maximum Gasteiger partial charge on any atom is 0.191 e. The Labute approximate surface area is 188 Å². The molecule has 0 unspecified atom stereocenters. The molecule has 0 amide bonds. The van der Waals surface area contributed by atoms with Gasteiger partial charge in [-0.05, 0) is 43.3 Å². The summed E-state index contributed by atoms with van der Waals surface area (Å²) in [6, 6.07) is 10.2. The number of aliphatic imine (C=N–C) groups is 1. The number of phenols is 1. The summed E-state index contributed by atoms with van der Waals surface area (Å²) >= 11 is 1.80. The standard InChI is InChI=1S/C20H28N4O2S.HI/c1-3-21-20(22-14-15-6-4-7-17(26-2)19(15)25)23-16-9-11-24(12-10-16)18-8-5-13-27-18;/h4-8,13,16,25H,3,9-12,14H2,1-2H3,(H2,21,22,23);1H. The van der Waals surface area contributed by atoms with Crippen LogP contribution in [0.25, 0.3) is 0 Å². The van der Waals surface area contributed by atoms with Crippen molar-refractivity contribution in [3.8, 4) is 11.5 Å². The second-order valence-electron chi connectivity index (χ2n) is 6.52. The van der Waals surface area contributed by atoms with Crippen LogP contribution in [0.3, 0.4) is 0 Å². The maximum atomic E-state index is 10.2. The smallest absolute Gasteiger partial charge is 0.191 e. The van der Waals surface area contributed by atoms with Crippen molar-refractivity contribution in [2.45, 2.75) is 32.4 Å². The van der Waals surface area contributed by atoms with Crippen LogP contribution in [0.2, 0.25) is 0 Å². The van der Waals surface area contributed by atoms with Gasteiger partial charge in [-0.2, -0.15) is 0 Å². The molecule has 2 heterocycles. The van der Waals surface area contributed by atoms with Gasteiger partial charge in [0.1, 0.15) is 0 Å². The Kier molecular flexibility index (Phi) is 9.17. The van der Waals surface area contributed by atoms with Gasteiger partial charge >= 0.3 is 0 Å². The van der Waals surface area contributed by atoms with Gasteiger partial charge in [-0.3, -0.25) is 0 Å². The lowest BCUT2D eigenvalue weighted by Crippen LogP contribution is -2.48. The number of ether oxygens (including phenoxy) is 1. The number of hydrogen-bond donors (Lipinski definition) is 3. The Morgan fingerprint density at radius 3 is 2.71 bits per heavy atom. The number of methoxy groups -OCH3 is 1. The van der Waals surface area contributed by atoms with Crippen molar-refractivity contribution in [3.05, 3.63) is 41.3 Å². The molecule has 2 aromatic rings. The van der Waals surface area contributed by atoms with E-state index in [0.29, 0.717) is 18.3 Å². The molecule has 0 aliphatic carbocycles. The van der Waals surface area contributed by atoms with Crippen LogP contribution in [0.5, 0.6) is 11.5 Å². The monoisotopic (exact) mass is 516 g/mol. The Morgan fingerprint density at radius 2 is 2.07 bits per heavy atom. The summed E-state index contributed by atoms with van der Waals surface area (Å²) in [6.07, 6.45) is 2.15. The zero-order valence-corrected chi connectivity index (χ0v) is 19.5. The first-order chi connectivity index (χ1) is 13.2. The lowest BCUT2D eigenvalue weighted by Gasteiger charge is -2.33. The van der Waals surface area contributed by atoms with Gasteiger partial charge in [-0.25, -0.2) is 4.99 Å². The molecule has 1 fully saturated rings. The predicted octanol–water partition coefficient (Wildman–Crippen LogP) is 3.80. The summed E-state index contributed by atoms with van der Waals surface area (Å²) < 4.78 is 5.17. The van der Waals surface area contributed by atoms with Crippen LogP contribution in [0.4, 0.5) is 5.00 Å². The van der Waals surface area contributed by atoms with E-state index in [4.69, 9.17) is 4.74 Å². The molecule has 0 saturated carbocycles. The quantitative estimate of drug-likeness (QED) is 0.310. The van der Waals surface area contributed by atoms with E-state index in [-0.39, 0.29) is 29.7 Å². The van der Waals surface area contributed by atoms with Crippen molar-refractivity contribution in [3.63, 3.8) is 0 Å². The second-order valence-corrected chi connectivity index (χ2v) is 7.45. The van der Waals surface area contributed by atoms with Crippen LogP contribution in [-0.4, -0.2) is 43.9 Å². The minimum absolute atomic E-state index is 0. The molecule has 154 valence electrons. The first-order valence-corrected chi connectivity index (χ1v) is 10.3. The van der Waals surface area contributed by atoms with E-state index in [1.807, 2.05) is 12.1 Å². The SMILES string of the molecule is CCNC(=NCc1cccc(OC)c1O)NC1CCN(c2cccs2)CC1.I. The molecule has 1 aliphatic heterocycles. The van der Waals surface area contributed by atoms with Crippen LogP contribution in [-0.2, 0) is 6.54 Å². The van der Waals surface area contributed by atoms with Crippen molar-refractivity contribution >= 4 is 46.3 Å². The average molecular weight is 516 g/mol. The molecular weight excluding hydrogens is 487 g/mol. The third-order valence-corrected chi connectivity index (χ3v) is 5.64. The lowest BCUT2D eigenvalue weighted by atomic mass is 10.1. The highest BCUT2D eigenvalue weighted by atomic mass is 127. The first-order valence-electron chi connectivity index (χ1n) is 9.39. The molecule has 3 N–H and O–H groups in total. The third kappa shape index (κ3) is 5.91. The third-order valence-electron chi connectivity index (χ3n) is 4.71. The average Bonchev–Trinajstić information content (AvgIpc) is 3.22. The number of para-hydroxylation sites is 1. The van der Waals surface area contributed by atoms with E-state index in [1.165, 1.54) is 5.00 Å². The Morgan fingerprint density at radius 1 is 1.29 bits per heavy atom. The molecule has 3 rings (SSSR count). The minimum atomic E-state index is 0. The summed E-state index contributed by atoms with van der Waals surface area (Å²) in [6.45, 7) is 5.35. The fraction of sp³-hybridized carbons (Fsp3) is 0.450. The number of nitrogens with one attached hydrogen (secondary N) is 2. The number of aromatic hydroxyl groups is 1. The summed E-state index contributed by atoms with van der Waals surface area (Å²) in [5.74, 6) is 1.42. The molecule has 0 atom stereocenters. The Balaban J connectivity index is 0.00000280. The molecule has 8 heteroatoms. The molecule has 6 nitrogen and oxygen atoms in total. The normalized spacial score (nSPS) is 15.1. The summed E-state index contributed by atoms with van der Waals surface area (Å²) in [5.41, 5.74) is 0.749. The number of benzene rings is 1. The zero-order valence-electron chi connectivity index (χ0n) is 16.4. The zero-order chi connectivity index (χ0) is 19.1. The van der Waals surface area contributed by atoms with E-state index in [0.717, 1.165) is 44.0 Å². The van der Waals surface area contributed by atoms with E-state index < -0.39 is 0 Å². The van der Waals surface area contributed by atoms with Gasteiger partial charge in [0.15, 0.2) is 17.5 Å². The van der Waals surface area contributed by atoms with Crippen LogP contribution in [0.1, 0.15) is 25.3 Å². The van der Waals surface area contributed by atoms with Gasteiger partial charge in [0, 0.05) is 31.2 Å². The maximum absolute atomic E-state index is 10.2. The molecule has 1 aliphatic rings. The van der Waals surface area contributed by atoms with Crippen molar-refractivity contribution in [1.82, 2.24) is 10.6 Å². The van der Waals surface area contributed by atoms with E-state index in [9.17, 15) is 5.11 Å². The van der Waals surface area contributed by atoms with E-state index in [1.54, 1.807) is 24.5 Å². The topological polar surface area (TPSA) is 69.1 Å². The molecule has 1 saturated heterocycles. The van der Waals surface area contributed by atoms with Crippen LogP contribution >= 0.6 is 35.3 Å². The molecule has 0 spiro atoms. The number of phenolic OH excluding ortho intramolecular Hbond substituents is 1. The van der Waals surface area contributed by atoms with Gasteiger partial charge in [-0.15, -0.1) is 35.3 Å². The second kappa shape index (κ2) is 11.4. The molecule has 28 heavy (non-hydrogen) atoms. The van der Waals surface area contributed by atoms with E-state index >= 15 is 0 Å². The van der Waals surface area contributed by atoms with Crippen molar-refractivity contribution in [1.29, 1.82) is 0 Å². The van der Waals surface area contributed by atoms with Crippen LogP contribution < -0.4 is 20.3 Å². The highest BCUT2D eigenvalue weighted by molar-refractivity contribution is 14.0. The fourth-order valence-corrected chi connectivity index (χ4v) is 4.02. The number of hydrogen-bond acceptors (Lipinski definition) is 5. The summed E-state index contributed by atoms with van der Waals surface area (Å²) in [7, 11) is 1.55. The van der Waals surface area contributed by atoms with Gasteiger partial charge < -0.3 is 25.4 Å². The molecule has 0 radical (unpaired) electrons. The van der Waals surface area contributed by atoms with Crippen molar-refractivity contribution in [2.24, 2.45) is 4.99 Å². The number of halogens is 1. The van der Waals surface area contributed by atoms with E-state index in [2.05, 4.69) is 45.0 Å². The Hall–Kier alpha value is -1.68. The van der Waals surface area contributed by atoms with Crippen molar-refractivity contribution < 1.29 is 9.84 Å². The van der Waals surface area contributed by atoms with Gasteiger partial charge in [0.25, 0.3) is 0 Å². The minimum Gasteiger partial charge on any atom is -0.504 e. The lowest BCUT2D eigenvalue weighted by molar-refractivity contribution is 0.370. The van der Waals surface area contributed by atoms with Gasteiger partial charge in [0.2, 0.25) is 0 Å². The highest BCUT2D eigenvalue weighted by Gasteiger charge is 2.20. The molecule has 0 bridgehead atoms. The largest absolute Gasteiger partial charge is 0.504 e. The molecule has 1 aromatic heterocycles. The fourth-order valence-electron chi connectivity index (χ4n) is 3.23. The number of thiophene rings is 1. The number of guanidine groups is 1. The highest BCUT2D eigenvalue weighted by Crippen LogP contribution is 2.29. The predicted molar refractivity (Wildman–Crippen MR) is 128 cm³/mol. The molecular formula is C20H29IN4O2S. The van der Waals surface area contributed by atoms with Crippen LogP contribution in [0.15, 0.2) is 40.7 Å². The number of nitrogens with zero attached hydrogens (tertiary/aromatic N) is 2. The van der Waals surface area contributed by atoms with Gasteiger partial charge in [-0.1, -0.05) is 12.1 Å². The first kappa shape index (κ1) is 22.6. The summed E-state index contributed by atoms with van der Waals surface area (Å²) in [4.78, 5) is 7.10. The van der Waals surface area contributed by atoms with Crippen molar-refractivity contribution in [2.75, 3.05) is 31.6 Å². The summed E-state index contributed by atoms with van der Waals surface area (Å²) in [5, 5.41) is 20.6. The van der Waals surface area contributed by atoms with Crippen LogP contribution in [0, 0.1) is 0 Å². The van der Waals surface area contributed by atoms with Gasteiger partial charge in [0.05, 0.1) is 18.7 Å².